The van der Waals surface area contributed by atoms with E-state index in [1.54, 1.807) is 42.5 Å². The summed E-state index contributed by atoms with van der Waals surface area (Å²) < 4.78 is 5.24. The van der Waals surface area contributed by atoms with Crippen molar-refractivity contribution >= 4 is 29.4 Å². The minimum absolute atomic E-state index is 0.0365. The van der Waals surface area contributed by atoms with Gasteiger partial charge in [0.05, 0.1) is 24.9 Å². The SMILES string of the molecule is O=C([O-])CCC(=O)N(Cc1ccco1)[C@H]1CC(=O)N(c2ccccc2)C1=O. The van der Waals surface area contributed by atoms with Crippen LogP contribution in [0.3, 0.4) is 0 Å². The molecular formula is C19H17N2O6-. The Labute approximate surface area is 155 Å². The van der Waals surface area contributed by atoms with Gasteiger partial charge in [-0.15, -0.1) is 0 Å². The normalized spacial score (nSPS) is 16.6. The molecule has 8 heteroatoms. The third-order valence-electron chi connectivity index (χ3n) is 4.28. The van der Waals surface area contributed by atoms with Gasteiger partial charge in [0.25, 0.3) is 5.91 Å². The number of carboxylic acid groups (broad SMARTS) is 1. The summed E-state index contributed by atoms with van der Waals surface area (Å²) in [5.74, 6) is -2.44. The predicted octanol–water partition coefficient (Wildman–Crippen LogP) is 0.470. The monoisotopic (exact) mass is 369 g/mol. The first kappa shape index (κ1) is 18.4. The highest BCUT2D eigenvalue weighted by Crippen LogP contribution is 2.27. The van der Waals surface area contributed by atoms with Gasteiger partial charge in [0.1, 0.15) is 11.8 Å². The summed E-state index contributed by atoms with van der Waals surface area (Å²) in [6.07, 6.45) is 0.458. The van der Waals surface area contributed by atoms with Crippen LogP contribution in [0, 0.1) is 0 Å². The van der Waals surface area contributed by atoms with E-state index < -0.39 is 36.2 Å². The van der Waals surface area contributed by atoms with Crippen LogP contribution >= 0.6 is 0 Å². The van der Waals surface area contributed by atoms with E-state index >= 15 is 0 Å². The molecule has 0 aliphatic carbocycles. The van der Waals surface area contributed by atoms with Crippen LogP contribution in [0.5, 0.6) is 0 Å². The van der Waals surface area contributed by atoms with Crippen LogP contribution in [0.1, 0.15) is 25.0 Å². The van der Waals surface area contributed by atoms with Gasteiger partial charge in [0.2, 0.25) is 11.8 Å². The number of rotatable bonds is 7. The average molecular weight is 369 g/mol. The zero-order valence-electron chi connectivity index (χ0n) is 14.4. The maximum Gasteiger partial charge on any atom is 0.257 e. The van der Waals surface area contributed by atoms with Crippen molar-refractivity contribution in [2.24, 2.45) is 0 Å². The van der Waals surface area contributed by atoms with Crippen molar-refractivity contribution in [2.45, 2.75) is 31.8 Å². The van der Waals surface area contributed by atoms with Crippen molar-refractivity contribution < 1.29 is 28.7 Å². The fourth-order valence-electron chi connectivity index (χ4n) is 3.00. The van der Waals surface area contributed by atoms with Crippen LogP contribution in [-0.4, -0.2) is 34.6 Å². The summed E-state index contributed by atoms with van der Waals surface area (Å²) in [5.41, 5.74) is 0.426. The molecular weight excluding hydrogens is 352 g/mol. The van der Waals surface area contributed by atoms with E-state index in [2.05, 4.69) is 0 Å². The number of para-hydroxylation sites is 1. The van der Waals surface area contributed by atoms with Gasteiger partial charge in [0.15, 0.2) is 0 Å². The molecule has 140 valence electrons. The van der Waals surface area contributed by atoms with E-state index in [9.17, 15) is 24.3 Å². The Morgan fingerprint density at radius 1 is 1.11 bits per heavy atom. The number of amides is 3. The molecule has 3 rings (SSSR count). The van der Waals surface area contributed by atoms with Crippen molar-refractivity contribution in [2.75, 3.05) is 4.90 Å². The molecule has 2 heterocycles. The molecule has 0 saturated carbocycles. The molecule has 2 aromatic rings. The zero-order chi connectivity index (χ0) is 19.4. The molecule has 1 aliphatic rings. The van der Waals surface area contributed by atoms with E-state index in [0.717, 1.165) is 4.90 Å². The Hall–Kier alpha value is -3.42. The maximum atomic E-state index is 12.9. The summed E-state index contributed by atoms with van der Waals surface area (Å²) in [4.78, 5) is 50.8. The smallest absolute Gasteiger partial charge is 0.257 e. The highest BCUT2D eigenvalue weighted by molar-refractivity contribution is 6.23. The third kappa shape index (κ3) is 4.05. The lowest BCUT2D eigenvalue weighted by Crippen LogP contribution is -2.45. The van der Waals surface area contributed by atoms with Crippen LogP contribution < -0.4 is 10.0 Å². The molecule has 1 fully saturated rings. The van der Waals surface area contributed by atoms with Crippen LogP contribution in [0.25, 0.3) is 0 Å². The third-order valence-corrected chi connectivity index (χ3v) is 4.28. The quantitative estimate of drug-likeness (QED) is 0.656. The lowest BCUT2D eigenvalue weighted by molar-refractivity contribution is -0.305. The van der Waals surface area contributed by atoms with Crippen LogP contribution in [-0.2, 0) is 25.7 Å². The fourth-order valence-corrected chi connectivity index (χ4v) is 3.00. The highest BCUT2D eigenvalue weighted by atomic mass is 16.4. The number of carbonyl (C=O) groups excluding carboxylic acids is 4. The summed E-state index contributed by atoms with van der Waals surface area (Å²) >= 11 is 0. The van der Waals surface area contributed by atoms with Gasteiger partial charge < -0.3 is 19.2 Å². The molecule has 1 aliphatic heterocycles. The van der Waals surface area contributed by atoms with Crippen molar-refractivity contribution in [1.29, 1.82) is 0 Å². The highest BCUT2D eigenvalue weighted by Gasteiger charge is 2.44. The first-order valence-corrected chi connectivity index (χ1v) is 8.41. The first-order chi connectivity index (χ1) is 13.0. The predicted molar refractivity (Wildman–Crippen MR) is 90.8 cm³/mol. The van der Waals surface area contributed by atoms with E-state index in [1.165, 1.54) is 11.2 Å². The van der Waals surface area contributed by atoms with Crippen LogP contribution in [0.15, 0.2) is 53.1 Å². The minimum Gasteiger partial charge on any atom is -0.550 e. The second-order valence-electron chi connectivity index (χ2n) is 6.10. The topological polar surface area (TPSA) is 111 Å². The standard InChI is InChI=1S/C19H18N2O6/c22-16(8-9-18(24)25)20(12-14-7-4-10-27-14)15-11-17(23)21(19(15)26)13-5-2-1-3-6-13/h1-7,10,15H,8-9,11-12H2,(H,24,25)/p-1/t15-/m0/s1. The number of carboxylic acids is 1. The van der Waals surface area contributed by atoms with Gasteiger partial charge in [-0.3, -0.25) is 14.4 Å². The summed E-state index contributed by atoms with van der Waals surface area (Å²) in [7, 11) is 0. The van der Waals surface area contributed by atoms with Gasteiger partial charge in [-0.1, -0.05) is 18.2 Å². The molecule has 8 nitrogen and oxygen atoms in total. The molecule has 1 atom stereocenters. The Morgan fingerprint density at radius 3 is 2.48 bits per heavy atom. The molecule has 1 aromatic heterocycles. The zero-order valence-corrected chi connectivity index (χ0v) is 14.4. The Bertz CT molecular complexity index is 846. The molecule has 1 saturated heterocycles. The van der Waals surface area contributed by atoms with E-state index in [-0.39, 0.29) is 19.4 Å². The number of hydrogen-bond acceptors (Lipinski definition) is 6. The molecule has 0 radical (unpaired) electrons. The molecule has 0 N–H and O–H groups in total. The van der Waals surface area contributed by atoms with Crippen molar-refractivity contribution in [3.63, 3.8) is 0 Å². The van der Waals surface area contributed by atoms with Gasteiger partial charge in [-0.2, -0.15) is 0 Å². The van der Waals surface area contributed by atoms with Gasteiger partial charge in [0, 0.05) is 12.4 Å². The number of imide groups is 1. The Morgan fingerprint density at radius 2 is 1.85 bits per heavy atom. The number of carbonyl (C=O) groups is 4. The van der Waals surface area contributed by atoms with Crippen LogP contribution in [0.4, 0.5) is 5.69 Å². The average Bonchev–Trinajstić information content (AvgIpc) is 3.26. The van der Waals surface area contributed by atoms with Crippen molar-refractivity contribution in [3.8, 4) is 0 Å². The van der Waals surface area contributed by atoms with Crippen LogP contribution in [0.2, 0.25) is 0 Å². The molecule has 0 bridgehead atoms. The maximum absolute atomic E-state index is 12.9. The van der Waals surface area contributed by atoms with E-state index in [0.29, 0.717) is 11.4 Å². The number of benzene rings is 1. The summed E-state index contributed by atoms with van der Waals surface area (Å²) in [5, 5.41) is 10.7. The minimum atomic E-state index is -1.36. The summed E-state index contributed by atoms with van der Waals surface area (Å²) in [6.45, 7) is -0.0365. The van der Waals surface area contributed by atoms with Gasteiger partial charge >= 0.3 is 0 Å². The lowest BCUT2D eigenvalue weighted by atomic mass is 10.1. The number of aliphatic carboxylic acids is 1. The first-order valence-electron chi connectivity index (χ1n) is 8.41. The molecule has 3 amide bonds. The van der Waals surface area contributed by atoms with E-state index in [4.69, 9.17) is 4.42 Å². The van der Waals surface area contributed by atoms with E-state index in [1.807, 2.05) is 0 Å². The summed E-state index contributed by atoms with van der Waals surface area (Å²) in [6, 6.07) is 10.7. The lowest BCUT2D eigenvalue weighted by Gasteiger charge is -2.27. The second-order valence-corrected chi connectivity index (χ2v) is 6.10. The molecule has 27 heavy (non-hydrogen) atoms. The Kier molecular flexibility index (Phi) is 5.35. The van der Waals surface area contributed by atoms with Crippen molar-refractivity contribution in [3.05, 3.63) is 54.5 Å². The van der Waals surface area contributed by atoms with Crippen molar-refractivity contribution in [1.82, 2.24) is 4.90 Å². The number of nitrogens with zero attached hydrogens (tertiary/aromatic N) is 2. The van der Waals surface area contributed by atoms with Gasteiger partial charge in [-0.05, 0) is 30.7 Å². The number of anilines is 1. The molecule has 0 spiro atoms. The fraction of sp³-hybridized carbons (Fsp3) is 0.263. The number of hydrogen-bond donors (Lipinski definition) is 0. The number of furan rings is 1. The molecule has 0 unspecified atom stereocenters. The largest absolute Gasteiger partial charge is 0.550 e. The molecule has 1 aromatic carbocycles. The van der Waals surface area contributed by atoms with Gasteiger partial charge in [-0.25, -0.2) is 4.90 Å². The Balaban J connectivity index is 1.85. The second kappa shape index (κ2) is 7.86.